The summed E-state index contributed by atoms with van der Waals surface area (Å²) in [5.41, 5.74) is 0.144. The highest BCUT2D eigenvalue weighted by Crippen LogP contribution is 2.36. The van der Waals surface area contributed by atoms with Crippen LogP contribution >= 0.6 is 0 Å². The molecule has 1 amide bonds. The molecule has 21 heavy (non-hydrogen) atoms. The fourth-order valence-electron chi connectivity index (χ4n) is 3.18. The Morgan fingerprint density at radius 1 is 1.24 bits per heavy atom. The van der Waals surface area contributed by atoms with Gasteiger partial charge < -0.3 is 10.0 Å². The fraction of sp³-hybridized carbons (Fsp3) is 0.438. The first-order valence-corrected chi connectivity index (χ1v) is 7.14. The molecule has 0 aromatic heterocycles. The van der Waals surface area contributed by atoms with Gasteiger partial charge in [0, 0.05) is 18.0 Å². The summed E-state index contributed by atoms with van der Waals surface area (Å²) in [7, 11) is 0. The van der Waals surface area contributed by atoms with Crippen molar-refractivity contribution in [3.8, 4) is 0 Å². The lowest BCUT2D eigenvalue weighted by Crippen LogP contribution is -2.36. The fourth-order valence-corrected chi connectivity index (χ4v) is 3.18. The number of carbonyl (C=O) groups is 1. The number of aliphatic hydroxyl groups excluding tert-OH is 1. The lowest BCUT2D eigenvalue weighted by molar-refractivity contribution is -0.136. The minimum Gasteiger partial charge on any atom is -0.391 e. The van der Waals surface area contributed by atoms with Crippen LogP contribution in [0.1, 0.15) is 30.9 Å². The Balaban J connectivity index is 1.88. The molecule has 0 bridgehead atoms. The van der Waals surface area contributed by atoms with Crippen LogP contribution in [-0.4, -0.2) is 28.6 Å². The van der Waals surface area contributed by atoms with E-state index in [-0.39, 0.29) is 30.4 Å². The number of nitrogens with zero attached hydrogens (tertiary/aromatic N) is 1. The summed E-state index contributed by atoms with van der Waals surface area (Å²) < 4.78 is 27.3. The van der Waals surface area contributed by atoms with Crippen LogP contribution in [0.5, 0.6) is 0 Å². The third-order valence-corrected chi connectivity index (χ3v) is 4.24. The highest BCUT2D eigenvalue weighted by Gasteiger charge is 2.39. The number of benzene rings is 1. The smallest absolute Gasteiger partial charge is 0.226 e. The van der Waals surface area contributed by atoms with Gasteiger partial charge in [-0.05, 0) is 37.5 Å². The first-order chi connectivity index (χ1) is 10.1. The quantitative estimate of drug-likeness (QED) is 0.851. The zero-order chi connectivity index (χ0) is 15.0. The van der Waals surface area contributed by atoms with E-state index in [9.17, 15) is 18.7 Å². The zero-order valence-electron chi connectivity index (χ0n) is 11.5. The predicted molar refractivity (Wildman–Crippen MR) is 73.3 cm³/mol. The average molecular weight is 293 g/mol. The SMILES string of the molecule is O=C(C1CC=CC1)N1CC(O)CC1c1cc(F)ccc1F. The molecule has 1 saturated heterocycles. The number of carbonyl (C=O) groups excluding carboxylic acids is 1. The molecule has 1 aromatic rings. The van der Waals surface area contributed by atoms with Crippen molar-refractivity contribution in [1.82, 2.24) is 4.90 Å². The van der Waals surface area contributed by atoms with Crippen LogP contribution in [0.25, 0.3) is 0 Å². The van der Waals surface area contributed by atoms with Crippen LogP contribution in [0.3, 0.4) is 0 Å². The molecular formula is C16H17F2NO2. The molecule has 112 valence electrons. The number of halogens is 2. The largest absolute Gasteiger partial charge is 0.391 e. The molecule has 0 radical (unpaired) electrons. The Morgan fingerprint density at radius 2 is 1.95 bits per heavy atom. The van der Waals surface area contributed by atoms with Crippen molar-refractivity contribution in [2.75, 3.05) is 6.54 Å². The molecule has 0 spiro atoms. The zero-order valence-corrected chi connectivity index (χ0v) is 11.5. The topological polar surface area (TPSA) is 40.5 Å². The van der Waals surface area contributed by atoms with E-state index in [1.165, 1.54) is 4.90 Å². The van der Waals surface area contributed by atoms with Crippen LogP contribution in [-0.2, 0) is 4.79 Å². The van der Waals surface area contributed by atoms with Crippen LogP contribution in [0.2, 0.25) is 0 Å². The molecule has 1 heterocycles. The Hall–Kier alpha value is -1.75. The van der Waals surface area contributed by atoms with E-state index in [2.05, 4.69) is 0 Å². The van der Waals surface area contributed by atoms with Crippen LogP contribution < -0.4 is 0 Å². The number of aliphatic hydroxyl groups is 1. The van der Waals surface area contributed by atoms with Gasteiger partial charge in [0.2, 0.25) is 5.91 Å². The van der Waals surface area contributed by atoms with Crippen molar-refractivity contribution in [3.05, 3.63) is 47.5 Å². The monoisotopic (exact) mass is 293 g/mol. The Bertz CT molecular complexity index is 580. The highest BCUT2D eigenvalue weighted by atomic mass is 19.1. The first-order valence-electron chi connectivity index (χ1n) is 7.14. The molecule has 2 unspecified atom stereocenters. The van der Waals surface area contributed by atoms with E-state index < -0.39 is 23.8 Å². The van der Waals surface area contributed by atoms with Gasteiger partial charge >= 0.3 is 0 Å². The molecular weight excluding hydrogens is 276 g/mol. The van der Waals surface area contributed by atoms with Crippen molar-refractivity contribution >= 4 is 5.91 Å². The van der Waals surface area contributed by atoms with Gasteiger partial charge in [-0.2, -0.15) is 0 Å². The molecule has 2 atom stereocenters. The van der Waals surface area contributed by atoms with Gasteiger partial charge in [-0.3, -0.25) is 4.79 Å². The second kappa shape index (κ2) is 5.56. The summed E-state index contributed by atoms with van der Waals surface area (Å²) in [6.07, 6.45) is 4.79. The highest BCUT2D eigenvalue weighted by molar-refractivity contribution is 5.80. The maximum absolute atomic E-state index is 14.0. The van der Waals surface area contributed by atoms with Crippen molar-refractivity contribution < 1.29 is 18.7 Å². The Labute approximate surface area is 121 Å². The molecule has 0 saturated carbocycles. The minimum atomic E-state index is -0.698. The van der Waals surface area contributed by atoms with E-state index in [1.54, 1.807) is 0 Å². The van der Waals surface area contributed by atoms with E-state index in [0.29, 0.717) is 12.8 Å². The molecule has 2 aliphatic rings. The van der Waals surface area contributed by atoms with Gasteiger partial charge in [0.1, 0.15) is 11.6 Å². The van der Waals surface area contributed by atoms with E-state index in [1.807, 2.05) is 12.2 Å². The van der Waals surface area contributed by atoms with Gasteiger partial charge in [0.25, 0.3) is 0 Å². The van der Waals surface area contributed by atoms with Crippen molar-refractivity contribution in [3.63, 3.8) is 0 Å². The maximum Gasteiger partial charge on any atom is 0.226 e. The number of β-amino-alcohol motifs (C(OH)–C–C–N with tert-alkyl or cyclic N) is 1. The summed E-state index contributed by atoms with van der Waals surface area (Å²) in [5.74, 6) is -1.32. The van der Waals surface area contributed by atoms with E-state index in [4.69, 9.17) is 0 Å². The second-order valence-electron chi connectivity index (χ2n) is 5.70. The lowest BCUT2D eigenvalue weighted by Gasteiger charge is -2.27. The number of hydrogen-bond donors (Lipinski definition) is 1. The first kappa shape index (κ1) is 14.2. The van der Waals surface area contributed by atoms with Crippen LogP contribution in [0.15, 0.2) is 30.4 Å². The molecule has 3 nitrogen and oxygen atoms in total. The summed E-state index contributed by atoms with van der Waals surface area (Å²) in [6.45, 7) is 0.177. The number of amides is 1. The maximum atomic E-state index is 14.0. The molecule has 1 aromatic carbocycles. The molecule has 1 aliphatic heterocycles. The number of likely N-dealkylation sites (tertiary alicyclic amines) is 1. The van der Waals surface area contributed by atoms with Crippen molar-refractivity contribution in [2.45, 2.75) is 31.4 Å². The van der Waals surface area contributed by atoms with Crippen LogP contribution in [0, 0.1) is 17.6 Å². The Kier molecular flexibility index (Phi) is 3.76. The summed E-state index contributed by atoms with van der Waals surface area (Å²) in [6, 6.07) is 2.64. The number of rotatable bonds is 2. The Morgan fingerprint density at radius 3 is 2.67 bits per heavy atom. The predicted octanol–water partition coefficient (Wildman–Crippen LogP) is 2.57. The van der Waals surface area contributed by atoms with Gasteiger partial charge in [-0.25, -0.2) is 8.78 Å². The molecule has 3 rings (SSSR count). The molecule has 1 fully saturated rings. The summed E-state index contributed by atoms with van der Waals surface area (Å²) in [5, 5.41) is 9.86. The van der Waals surface area contributed by atoms with E-state index >= 15 is 0 Å². The minimum absolute atomic E-state index is 0.0924. The normalized spacial score (nSPS) is 25.8. The summed E-state index contributed by atoms with van der Waals surface area (Å²) >= 11 is 0. The van der Waals surface area contributed by atoms with Crippen molar-refractivity contribution in [2.24, 2.45) is 5.92 Å². The summed E-state index contributed by atoms with van der Waals surface area (Å²) in [4.78, 5) is 14.0. The number of hydrogen-bond acceptors (Lipinski definition) is 2. The van der Waals surface area contributed by atoms with E-state index in [0.717, 1.165) is 18.2 Å². The van der Waals surface area contributed by atoms with Gasteiger partial charge in [0.15, 0.2) is 0 Å². The van der Waals surface area contributed by atoms with Crippen LogP contribution in [0.4, 0.5) is 8.78 Å². The average Bonchev–Trinajstić information content (AvgIpc) is 3.10. The lowest BCUT2D eigenvalue weighted by atomic mass is 10.0. The van der Waals surface area contributed by atoms with Crippen molar-refractivity contribution in [1.29, 1.82) is 0 Å². The molecule has 1 aliphatic carbocycles. The van der Waals surface area contributed by atoms with Gasteiger partial charge in [0.05, 0.1) is 12.1 Å². The third-order valence-electron chi connectivity index (χ3n) is 4.24. The molecule has 1 N–H and O–H groups in total. The third kappa shape index (κ3) is 2.70. The standard InChI is InChI=1S/C16H17F2NO2/c17-11-5-6-14(18)13(7-11)15-8-12(20)9-19(15)16(21)10-3-1-2-4-10/h1-2,5-7,10,12,15,20H,3-4,8-9H2. The van der Waals surface area contributed by atoms with Gasteiger partial charge in [-0.15, -0.1) is 0 Å². The van der Waals surface area contributed by atoms with Gasteiger partial charge in [-0.1, -0.05) is 12.2 Å². The number of allylic oxidation sites excluding steroid dienone is 2. The second-order valence-corrected chi connectivity index (χ2v) is 5.70. The molecule has 5 heteroatoms.